The van der Waals surface area contributed by atoms with E-state index in [9.17, 15) is 4.79 Å². The maximum Gasteiger partial charge on any atom is 0.248 e. The molecular formula is C14H14ClN3O. The Balaban J connectivity index is 1.90. The predicted octanol–water partition coefficient (Wildman–Crippen LogP) is 2.91. The van der Waals surface area contributed by atoms with E-state index in [0.29, 0.717) is 5.15 Å². The number of anilines is 1. The van der Waals surface area contributed by atoms with Gasteiger partial charge >= 0.3 is 0 Å². The van der Waals surface area contributed by atoms with Gasteiger partial charge in [0.05, 0.1) is 6.04 Å². The summed E-state index contributed by atoms with van der Waals surface area (Å²) in [5, 5.41) is 3.85. The largest absolute Gasteiger partial charge is 0.363 e. The van der Waals surface area contributed by atoms with Crippen LogP contribution in [-0.4, -0.2) is 9.97 Å². The van der Waals surface area contributed by atoms with E-state index >= 15 is 0 Å². The van der Waals surface area contributed by atoms with E-state index in [1.165, 1.54) is 0 Å². The predicted molar refractivity (Wildman–Crippen MR) is 75.6 cm³/mol. The van der Waals surface area contributed by atoms with Crippen LogP contribution in [0, 0.1) is 0 Å². The number of pyridine rings is 2. The third-order valence-corrected chi connectivity index (χ3v) is 3.58. The number of rotatable bonds is 2. The van der Waals surface area contributed by atoms with E-state index in [0.717, 1.165) is 36.3 Å². The van der Waals surface area contributed by atoms with Crippen LogP contribution in [-0.2, 0) is 6.42 Å². The first kappa shape index (κ1) is 12.2. The second kappa shape index (κ2) is 5.05. The molecule has 0 amide bonds. The number of aromatic nitrogens is 2. The Labute approximate surface area is 115 Å². The van der Waals surface area contributed by atoms with Crippen molar-refractivity contribution in [2.45, 2.75) is 25.3 Å². The molecule has 1 atom stereocenters. The molecule has 0 spiro atoms. The maximum absolute atomic E-state index is 11.3. The van der Waals surface area contributed by atoms with Gasteiger partial charge in [-0.25, -0.2) is 4.98 Å². The van der Waals surface area contributed by atoms with Gasteiger partial charge in [-0.3, -0.25) is 4.79 Å². The van der Waals surface area contributed by atoms with E-state index in [4.69, 9.17) is 11.6 Å². The lowest BCUT2D eigenvalue weighted by Gasteiger charge is -2.26. The lowest BCUT2D eigenvalue weighted by Crippen LogP contribution is -2.21. The van der Waals surface area contributed by atoms with Crippen molar-refractivity contribution in [3.63, 3.8) is 0 Å². The molecule has 0 bridgehead atoms. The van der Waals surface area contributed by atoms with Gasteiger partial charge in [0.1, 0.15) is 11.0 Å². The average Bonchev–Trinajstić information content (AvgIpc) is 2.38. The molecule has 4 nitrogen and oxygen atoms in total. The summed E-state index contributed by atoms with van der Waals surface area (Å²) in [5.41, 5.74) is 2.13. The van der Waals surface area contributed by atoms with Crippen molar-refractivity contribution in [3.8, 4) is 0 Å². The van der Waals surface area contributed by atoms with E-state index in [-0.39, 0.29) is 11.6 Å². The molecule has 0 aromatic carbocycles. The molecule has 1 unspecified atom stereocenters. The van der Waals surface area contributed by atoms with E-state index in [1.54, 1.807) is 12.1 Å². The number of hydrogen-bond donors (Lipinski definition) is 2. The molecule has 0 fully saturated rings. The first-order valence-electron chi connectivity index (χ1n) is 6.33. The van der Waals surface area contributed by atoms with Crippen LogP contribution < -0.4 is 10.9 Å². The van der Waals surface area contributed by atoms with Crippen molar-refractivity contribution >= 4 is 17.4 Å². The van der Waals surface area contributed by atoms with Gasteiger partial charge in [-0.15, -0.1) is 0 Å². The van der Waals surface area contributed by atoms with Gasteiger partial charge in [-0.1, -0.05) is 17.7 Å². The standard InChI is InChI=1S/C14H14ClN3O/c15-12-5-2-6-13(18-12)16-10-3-1-4-11-9(10)7-8-14(19)17-11/h2,5-8,10H,1,3-4H2,(H,16,18)(H,17,19). The molecule has 0 aliphatic heterocycles. The zero-order chi connectivity index (χ0) is 13.2. The molecule has 0 saturated heterocycles. The molecule has 3 rings (SSSR count). The van der Waals surface area contributed by atoms with Crippen molar-refractivity contribution in [2.75, 3.05) is 5.32 Å². The van der Waals surface area contributed by atoms with Crippen molar-refractivity contribution in [1.82, 2.24) is 9.97 Å². The first-order valence-corrected chi connectivity index (χ1v) is 6.71. The van der Waals surface area contributed by atoms with Gasteiger partial charge in [0.15, 0.2) is 0 Å². The third-order valence-electron chi connectivity index (χ3n) is 3.37. The lowest BCUT2D eigenvalue weighted by molar-refractivity contribution is 0.585. The Hall–Kier alpha value is -1.81. The topological polar surface area (TPSA) is 57.8 Å². The smallest absolute Gasteiger partial charge is 0.248 e. The fourth-order valence-electron chi connectivity index (χ4n) is 2.52. The van der Waals surface area contributed by atoms with Crippen LogP contribution in [0.5, 0.6) is 0 Å². The van der Waals surface area contributed by atoms with Gasteiger partial charge < -0.3 is 10.3 Å². The Morgan fingerprint density at radius 3 is 3.05 bits per heavy atom. The number of aromatic amines is 1. The molecule has 2 heterocycles. The van der Waals surface area contributed by atoms with E-state index in [2.05, 4.69) is 15.3 Å². The highest BCUT2D eigenvalue weighted by atomic mass is 35.5. The highest BCUT2D eigenvalue weighted by Gasteiger charge is 2.20. The van der Waals surface area contributed by atoms with Crippen molar-refractivity contribution in [2.24, 2.45) is 0 Å². The monoisotopic (exact) mass is 275 g/mol. The van der Waals surface area contributed by atoms with Gasteiger partial charge in [-0.2, -0.15) is 0 Å². The molecule has 0 saturated carbocycles. The summed E-state index contributed by atoms with van der Waals surface area (Å²) in [6.07, 6.45) is 2.99. The minimum absolute atomic E-state index is 0.0414. The molecule has 2 N–H and O–H groups in total. The molecule has 2 aromatic rings. The number of H-pyrrole nitrogens is 1. The van der Waals surface area contributed by atoms with Gasteiger partial charge in [0.2, 0.25) is 5.56 Å². The van der Waals surface area contributed by atoms with Crippen molar-refractivity contribution < 1.29 is 0 Å². The molecule has 1 aliphatic rings. The van der Waals surface area contributed by atoms with Crippen LogP contribution in [0.2, 0.25) is 5.15 Å². The quantitative estimate of drug-likeness (QED) is 0.829. The Kier molecular flexibility index (Phi) is 3.25. The number of aryl methyl sites for hydroxylation is 1. The number of nitrogens with one attached hydrogen (secondary N) is 2. The zero-order valence-corrected chi connectivity index (χ0v) is 11.1. The molecule has 98 valence electrons. The minimum atomic E-state index is -0.0414. The summed E-state index contributed by atoms with van der Waals surface area (Å²) >= 11 is 5.88. The number of halogens is 1. The van der Waals surface area contributed by atoms with Crippen molar-refractivity contribution in [3.05, 3.63) is 57.1 Å². The summed E-state index contributed by atoms with van der Waals surface area (Å²) in [6, 6.07) is 9.16. The van der Waals surface area contributed by atoms with Gasteiger partial charge in [-0.05, 0) is 43.0 Å². The molecule has 1 aliphatic carbocycles. The van der Waals surface area contributed by atoms with Crippen LogP contribution in [0.25, 0.3) is 0 Å². The second-order valence-corrected chi connectivity index (χ2v) is 5.08. The fraction of sp³-hybridized carbons (Fsp3) is 0.286. The summed E-state index contributed by atoms with van der Waals surface area (Å²) < 4.78 is 0. The molecule has 2 aromatic heterocycles. The molecule has 19 heavy (non-hydrogen) atoms. The van der Waals surface area contributed by atoms with Crippen LogP contribution in [0.4, 0.5) is 5.82 Å². The summed E-state index contributed by atoms with van der Waals surface area (Å²) in [4.78, 5) is 18.5. The second-order valence-electron chi connectivity index (χ2n) is 4.69. The number of fused-ring (bicyclic) bond motifs is 1. The normalized spacial score (nSPS) is 17.8. The Morgan fingerprint density at radius 1 is 1.32 bits per heavy atom. The van der Waals surface area contributed by atoms with Crippen molar-refractivity contribution in [1.29, 1.82) is 0 Å². The number of hydrogen-bond acceptors (Lipinski definition) is 3. The highest BCUT2D eigenvalue weighted by Crippen LogP contribution is 2.30. The van der Waals surface area contributed by atoms with E-state index < -0.39 is 0 Å². The summed E-state index contributed by atoms with van der Waals surface area (Å²) in [5.74, 6) is 0.761. The van der Waals surface area contributed by atoms with Crippen LogP contribution >= 0.6 is 11.6 Å². The molecule has 0 radical (unpaired) electrons. The number of nitrogens with zero attached hydrogens (tertiary/aromatic N) is 1. The van der Waals surface area contributed by atoms with Crippen LogP contribution in [0.15, 0.2) is 35.1 Å². The van der Waals surface area contributed by atoms with Crippen LogP contribution in [0.1, 0.15) is 30.1 Å². The minimum Gasteiger partial charge on any atom is -0.363 e. The third kappa shape index (κ3) is 2.63. The van der Waals surface area contributed by atoms with E-state index in [1.807, 2.05) is 18.2 Å². The Morgan fingerprint density at radius 2 is 2.21 bits per heavy atom. The maximum atomic E-state index is 11.3. The van der Waals surface area contributed by atoms with Gasteiger partial charge in [0.25, 0.3) is 0 Å². The molecular weight excluding hydrogens is 262 g/mol. The Bertz CT molecular complexity index is 653. The SMILES string of the molecule is O=c1ccc2c([nH]1)CCCC2Nc1cccc(Cl)n1. The first-order chi connectivity index (χ1) is 9.22. The lowest BCUT2D eigenvalue weighted by atomic mass is 9.91. The molecule has 5 heteroatoms. The van der Waals surface area contributed by atoms with Gasteiger partial charge in [0, 0.05) is 11.8 Å². The average molecular weight is 276 g/mol. The highest BCUT2D eigenvalue weighted by molar-refractivity contribution is 6.29. The summed E-state index contributed by atoms with van der Waals surface area (Å²) in [7, 11) is 0. The fourth-order valence-corrected chi connectivity index (χ4v) is 2.68. The summed E-state index contributed by atoms with van der Waals surface area (Å²) in [6.45, 7) is 0. The zero-order valence-electron chi connectivity index (χ0n) is 10.3. The van der Waals surface area contributed by atoms with Crippen LogP contribution in [0.3, 0.4) is 0 Å².